The summed E-state index contributed by atoms with van der Waals surface area (Å²) in [6.45, 7) is 5.60. The number of rotatable bonds is 9. The molecular formula is C13H24N2O2S. The molecule has 1 aromatic rings. The first-order chi connectivity index (χ1) is 8.67. The summed E-state index contributed by atoms with van der Waals surface area (Å²) >= 11 is 1.67. The van der Waals surface area contributed by atoms with Crippen molar-refractivity contribution in [3.8, 4) is 0 Å². The van der Waals surface area contributed by atoms with Crippen LogP contribution in [0.15, 0.2) is 12.1 Å². The van der Waals surface area contributed by atoms with Crippen LogP contribution in [0.3, 0.4) is 0 Å². The quantitative estimate of drug-likeness (QED) is 0.745. The Kier molecular flexibility index (Phi) is 7.27. The summed E-state index contributed by atoms with van der Waals surface area (Å²) in [6.07, 6.45) is 1.02. The van der Waals surface area contributed by atoms with E-state index in [-0.39, 0.29) is 0 Å². The standard InChI is InChI=1S/C13H24N2O2S/c1-11(10-12-4-5-13(14)18-12)15(6-8-16-2)7-9-17-3/h4-5,11H,6-10,14H2,1-3H3. The normalized spacial score (nSPS) is 13.1. The number of nitrogens with zero attached hydrogens (tertiary/aromatic N) is 1. The summed E-state index contributed by atoms with van der Waals surface area (Å²) < 4.78 is 10.3. The molecule has 5 heteroatoms. The van der Waals surface area contributed by atoms with Gasteiger partial charge in [-0.1, -0.05) is 0 Å². The summed E-state index contributed by atoms with van der Waals surface area (Å²) in [5.41, 5.74) is 5.76. The van der Waals surface area contributed by atoms with E-state index in [0.29, 0.717) is 6.04 Å². The third kappa shape index (κ3) is 5.35. The van der Waals surface area contributed by atoms with E-state index in [0.717, 1.165) is 37.7 Å². The highest BCUT2D eigenvalue weighted by Gasteiger charge is 2.14. The van der Waals surface area contributed by atoms with Gasteiger partial charge in [0.2, 0.25) is 0 Å². The molecule has 0 aliphatic heterocycles. The van der Waals surface area contributed by atoms with Crippen LogP contribution in [-0.2, 0) is 15.9 Å². The lowest BCUT2D eigenvalue weighted by Gasteiger charge is -2.28. The molecule has 0 aliphatic rings. The monoisotopic (exact) mass is 272 g/mol. The highest BCUT2D eigenvalue weighted by molar-refractivity contribution is 7.15. The fourth-order valence-corrected chi connectivity index (χ4v) is 2.79. The summed E-state index contributed by atoms with van der Waals surface area (Å²) in [6, 6.07) is 4.55. The Morgan fingerprint density at radius 1 is 1.22 bits per heavy atom. The van der Waals surface area contributed by atoms with Crippen molar-refractivity contribution in [3.05, 3.63) is 17.0 Å². The van der Waals surface area contributed by atoms with E-state index < -0.39 is 0 Å². The Balaban J connectivity index is 2.48. The Morgan fingerprint density at radius 3 is 2.28 bits per heavy atom. The third-order valence-corrected chi connectivity index (χ3v) is 3.90. The molecule has 0 saturated heterocycles. The van der Waals surface area contributed by atoms with Crippen LogP contribution in [0.5, 0.6) is 0 Å². The first kappa shape index (κ1) is 15.4. The van der Waals surface area contributed by atoms with Crippen LogP contribution in [0, 0.1) is 0 Å². The number of anilines is 1. The molecule has 1 heterocycles. The van der Waals surface area contributed by atoms with Gasteiger partial charge in [-0.25, -0.2) is 0 Å². The summed E-state index contributed by atoms with van der Waals surface area (Å²) in [5, 5.41) is 0.887. The zero-order chi connectivity index (χ0) is 13.4. The molecule has 2 N–H and O–H groups in total. The van der Waals surface area contributed by atoms with Crippen molar-refractivity contribution in [3.63, 3.8) is 0 Å². The first-order valence-electron chi connectivity index (χ1n) is 6.23. The number of hydrogen-bond acceptors (Lipinski definition) is 5. The van der Waals surface area contributed by atoms with Crippen molar-refractivity contribution in [2.75, 3.05) is 46.3 Å². The lowest BCUT2D eigenvalue weighted by atomic mass is 10.2. The molecule has 0 bridgehead atoms. The minimum atomic E-state index is 0.466. The summed E-state index contributed by atoms with van der Waals surface area (Å²) in [4.78, 5) is 3.72. The van der Waals surface area contributed by atoms with Gasteiger partial charge in [-0.3, -0.25) is 4.90 Å². The van der Waals surface area contributed by atoms with Gasteiger partial charge in [0.25, 0.3) is 0 Å². The second-order valence-corrected chi connectivity index (χ2v) is 5.58. The van der Waals surface area contributed by atoms with Crippen molar-refractivity contribution < 1.29 is 9.47 Å². The highest BCUT2D eigenvalue weighted by Crippen LogP contribution is 2.20. The van der Waals surface area contributed by atoms with E-state index in [4.69, 9.17) is 15.2 Å². The van der Waals surface area contributed by atoms with Crippen LogP contribution in [0.1, 0.15) is 11.8 Å². The molecule has 4 nitrogen and oxygen atoms in total. The van der Waals surface area contributed by atoms with Crippen LogP contribution in [0.2, 0.25) is 0 Å². The summed E-state index contributed by atoms with van der Waals surface area (Å²) in [5.74, 6) is 0. The zero-order valence-corrected chi connectivity index (χ0v) is 12.3. The van der Waals surface area contributed by atoms with Gasteiger partial charge in [0.15, 0.2) is 0 Å². The fourth-order valence-electron chi connectivity index (χ4n) is 1.89. The Labute approximate surface area is 114 Å². The fraction of sp³-hybridized carbons (Fsp3) is 0.692. The van der Waals surface area contributed by atoms with Gasteiger partial charge < -0.3 is 15.2 Å². The first-order valence-corrected chi connectivity index (χ1v) is 7.05. The SMILES string of the molecule is COCCN(CCOC)C(C)Cc1ccc(N)s1. The van der Waals surface area contributed by atoms with Gasteiger partial charge in [0.05, 0.1) is 18.2 Å². The Bertz CT molecular complexity index is 323. The lowest BCUT2D eigenvalue weighted by molar-refractivity contribution is 0.0922. The van der Waals surface area contributed by atoms with Gasteiger partial charge in [0.1, 0.15) is 0 Å². The van der Waals surface area contributed by atoms with E-state index in [1.807, 2.05) is 6.07 Å². The van der Waals surface area contributed by atoms with E-state index in [2.05, 4.69) is 17.9 Å². The molecule has 18 heavy (non-hydrogen) atoms. The second kappa shape index (κ2) is 8.48. The van der Waals surface area contributed by atoms with Crippen LogP contribution in [0.25, 0.3) is 0 Å². The molecule has 0 amide bonds. The molecule has 0 aromatic carbocycles. The topological polar surface area (TPSA) is 47.7 Å². The van der Waals surface area contributed by atoms with E-state index >= 15 is 0 Å². The van der Waals surface area contributed by atoms with Crippen LogP contribution >= 0.6 is 11.3 Å². The van der Waals surface area contributed by atoms with Crippen molar-refractivity contribution >= 4 is 16.3 Å². The second-order valence-electron chi connectivity index (χ2n) is 4.38. The third-order valence-electron chi connectivity index (χ3n) is 2.97. The number of thiophene rings is 1. The Hall–Kier alpha value is -0.620. The van der Waals surface area contributed by atoms with Gasteiger partial charge in [-0.15, -0.1) is 11.3 Å². The molecule has 0 saturated carbocycles. The van der Waals surface area contributed by atoms with Gasteiger partial charge in [-0.2, -0.15) is 0 Å². The van der Waals surface area contributed by atoms with Gasteiger partial charge >= 0.3 is 0 Å². The summed E-state index contributed by atoms with van der Waals surface area (Å²) in [7, 11) is 3.47. The van der Waals surface area contributed by atoms with Crippen molar-refractivity contribution in [1.82, 2.24) is 4.90 Å². The predicted octanol–water partition coefficient (Wildman–Crippen LogP) is 1.86. The molecular weight excluding hydrogens is 248 g/mol. The molecule has 1 unspecified atom stereocenters. The van der Waals surface area contributed by atoms with E-state index in [1.165, 1.54) is 4.88 Å². The van der Waals surface area contributed by atoms with Crippen LogP contribution in [-0.4, -0.2) is 51.5 Å². The maximum Gasteiger partial charge on any atom is 0.0859 e. The number of nitrogens with two attached hydrogens (primary N) is 1. The number of nitrogen functional groups attached to an aromatic ring is 1. The zero-order valence-electron chi connectivity index (χ0n) is 11.5. The molecule has 0 radical (unpaired) electrons. The maximum atomic E-state index is 5.76. The van der Waals surface area contributed by atoms with Gasteiger partial charge in [0, 0.05) is 38.2 Å². The van der Waals surface area contributed by atoms with E-state index in [1.54, 1.807) is 25.6 Å². The lowest BCUT2D eigenvalue weighted by Crippen LogP contribution is -2.39. The van der Waals surface area contributed by atoms with E-state index in [9.17, 15) is 0 Å². The van der Waals surface area contributed by atoms with Crippen molar-refractivity contribution in [1.29, 1.82) is 0 Å². The molecule has 1 rings (SSSR count). The van der Waals surface area contributed by atoms with Crippen molar-refractivity contribution in [2.24, 2.45) is 0 Å². The maximum absolute atomic E-state index is 5.76. The smallest absolute Gasteiger partial charge is 0.0859 e. The molecule has 1 atom stereocenters. The van der Waals surface area contributed by atoms with Crippen LogP contribution in [0.4, 0.5) is 5.00 Å². The highest BCUT2D eigenvalue weighted by atomic mass is 32.1. The molecule has 0 fully saturated rings. The molecule has 0 aliphatic carbocycles. The predicted molar refractivity (Wildman–Crippen MR) is 77.2 cm³/mol. The largest absolute Gasteiger partial charge is 0.391 e. The van der Waals surface area contributed by atoms with Gasteiger partial charge in [-0.05, 0) is 25.5 Å². The molecule has 0 spiro atoms. The minimum absolute atomic E-state index is 0.466. The molecule has 1 aromatic heterocycles. The average molecular weight is 272 g/mol. The minimum Gasteiger partial charge on any atom is -0.391 e. The number of hydrogen-bond donors (Lipinski definition) is 1. The average Bonchev–Trinajstić information content (AvgIpc) is 2.75. The Morgan fingerprint density at radius 2 is 1.83 bits per heavy atom. The number of methoxy groups -OCH3 is 2. The van der Waals surface area contributed by atoms with Crippen LogP contribution < -0.4 is 5.73 Å². The van der Waals surface area contributed by atoms with Crippen molar-refractivity contribution in [2.45, 2.75) is 19.4 Å². The molecule has 104 valence electrons. The number of ether oxygens (including phenoxy) is 2.